The minimum atomic E-state index is -1.07. The van der Waals surface area contributed by atoms with Gasteiger partial charge in [0.25, 0.3) is 0 Å². The third kappa shape index (κ3) is 2.31. The van der Waals surface area contributed by atoms with Gasteiger partial charge in [-0.25, -0.2) is 4.39 Å². The van der Waals surface area contributed by atoms with E-state index in [4.69, 9.17) is 4.74 Å². The Labute approximate surface area is 120 Å². The second-order valence-electron chi connectivity index (χ2n) is 5.29. The molecule has 0 spiro atoms. The minimum absolute atomic E-state index is 0.343. The van der Waals surface area contributed by atoms with Crippen molar-refractivity contribution < 1.29 is 23.8 Å². The first kappa shape index (κ1) is 13.8. The smallest absolute Gasteiger partial charge is 0.310 e. The van der Waals surface area contributed by atoms with E-state index in [0.29, 0.717) is 11.3 Å². The van der Waals surface area contributed by atoms with Crippen LogP contribution in [0, 0.1) is 24.6 Å². The van der Waals surface area contributed by atoms with Crippen molar-refractivity contribution in [3.05, 3.63) is 41.7 Å². The Bertz CT molecular complexity index is 643. The number of hydrogen-bond acceptors (Lipinski definition) is 3. The van der Waals surface area contributed by atoms with Crippen LogP contribution in [0.4, 0.5) is 10.1 Å². The molecule has 0 aliphatic carbocycles. The van der Waals surface area contributed by atoms with Crippen LogP contribution in [-0.4, -0.2) is 29.2 Å². The van der Waals surface area contributed by atoms with Gasteiger partial charge in [-0.1, -0.05) is 18.2 Å². The molecular formula is C15H14FNO4. The van der Waals surface area contributed by atoms with E-state index in [9.17, 15) is 19.1 Å². The Balaban J connectivity index is 1.83. The lowest BCUT2D eigenvalue weighted by Gasteiger charge is -2.21. The number of ether oxygens (including phenoxy) is 1. The summed E-state index contributed by atoms with van der Waals surface area (Å²) in [4.78, 5) is 23.7. The minimum Gasteiger partial charge on any atom is -0.481 e. The van der Waals surface area contributed by atoms with Crippen LogP contribution < -0.4 is 5.32 Å². The summed E-state index contributed by atoms with van der Waals surface area (Å²) >= 11 is 0. The quantitative estimate of drug-likeness (QED) is 0.832. The van der Waals surface area contributed by atoms with Gasteiger partial charge in [0.05, 0.1) is 18.1 Å². The Kier molecular flexibility index (Phi) is 3.25. The number of aliphatic carboxylic acids is 1. The van der Waals surface area contributed by atoms with E-state index in [1.54, 1.807) is 25.1 Å². The largest absolute Gasteiger partial charge is 0.481 e. The predicted octanol–water partition coefficient (Wildman–Crippen LogP) is 1.73. The number of carbonyl (C=O) groups is 2. The number of benzene rings is 1. The van der Waals surface area contributed by atoms with Crippen LogP contribution in [-0.2, 0) is 14.3 Å². The van der Waals surface area contributed by atoms with E-state index in [1.165, 1.54) is 12.1 Å². The van der Waals surface area contributed by atoms with Crippen molar-refractivity contribution >= 4 is 17.6 Å². The Morgan fingerprint density at radius 2 is 1.90 bits per heavy atom. The molecule has 0 saturated carbocycles. The van der Waals surface area contributed by atoms with Gasteiger partial charge >= 0.3 is 5.97 Å². The number of hydrogen-bond donors (Lipinski definition) is 2. The maximum Gasteiger partial charge on any atom is 0.310 e. The second-order valence-corrected chi connectivity index (χ2v) is 5.29. The standard InChI is InChI=1S/C15H14FNO4/c1-7-2-3-8(16)6-9(7)17-14(18)12-10-4-5-11(21-10)13(12)15(19)20/h2-6,10-13H,1H3,(H,17,18)(H,19,20)/t10-,11-,12-,13-/m0/s1. The highest BCUT2D eigenvalue weighted by Gasteiger charge is 2.53. The summed E-state index contributed by atoms with van der Waals surface area (Å²) < 4.78 is 18.7. The number of anilines is 1. The molecule has 6 heteroatoms. The van der Waals surface area contributed by atoms with Gasteiger partial charge in [-0.05, 0) is 24.6 Å². The van der Waals surface area contributed by atoms with Crippen LogP contribution in [0.5, 0.6) is 0 Å². The maximum absolute atomic E-state index is 13.2. The number of aryl methyl sites for hydroxylation is 1. The number of nitrogens with one attached hydrogen (secondary N) is 1. The van der Waals surface area contributed by atoms with Gasteiger partial charge in [-0.2, -0.15) is 0 Å². The number of carboxylic acid groups (broad SMARTS) is 1. The topological polar surface area (TPSA) is 75.6 Å². The molecule has 1 amide bonds. The van der Waals surface area contributed by atoms with Crippen LogP contribution in [0.25, 0.3) is 0 Å². The van der Waals surface area contributed by atoms with Gasteiger partial charge in [0.15, 0.2) is 0 Å². The van der Waals surface area contributed by atoms with Gasteiger partial charge in [0, 0.05) is 5.69 Å². The van der Waals surface area contributed by atoms with Crippen LogP contribution in [0.3, 0.4) is 0 Å². The normalized spacial score (nSPS) is 29.6. The van der Waals surface area contributed by atoms with E-state index < -0.39 is 41.7 Å². The molecule has 2 aliphatic heterocycles. The van der Waals surface area contributed by atoms with Crippen LogP contribution >= 0.6 is 0 Å². The first-order valence-electron chi connectivity index (χ1n) is 6.61. The number of fused-ring (bicyclic) bond motifs is 2. The number of carboxylic acids is 1. The molecule has 4 atom stereocenters. The van der Waals surface area contributed by atoms with Gasteiger partial charge in [-0.15, -0.1) is 0 Å². The third-order valence-electron chi connectivity index (χ3n) is 3.94. The fraction of sp³-hybridized carbons (Fsp3) is 0.333. The SMILES string of the molecule is Cc1ccc(F)cc1NC(=O)[C@@H]1[C@@H](C(=O)O)[C@@H]2C=C[C@@H]1O2. The van der Waals surface area contributed by atoms with Crippen molar-refractivity contribution in [2.45, 2.75) is 19.1 Å². The predicted molar refractivity (Wildman–Crippen MR) is 72.2 cm³/mol. The number of rotatable bonds is 3. The number of amides is 1. The summed E-state index contributed by atoms with van der Waals surface area (Å²) in [5.41, 5.74) is 1.05. The van der Waals surface area contributed by atoms with Crippen LogP contribution in [0.1, 0.15) is 5.56 Å². The van der Waals surface area contributed by atoms with Crippen molar-refractivity contribution in [1.29, 1.82) is 0 Å². The molecule has 5 nitrogen and oxygen atoms in total. The van der Waals surface area contributed by atoms with E-state index in [0.717, 1.165) is 0 Å². The molecule has 2 N–H and O–H groups in total. The van der Waals surface area contributed by atoms with Crippen LogP contribution in [0.2, 0.25) is 0 Å². The zero-order valence-corrected chi connectivity index (χ0v) is 11.2. The third-order valence-corrected chi connectivity index (χ3v) is 3.94. The first-order valence-corrected chi connectivity index (χ1v) is 6.61. The Morgan fingerprint density at radius 1 is 1.24 bits per heavy atom. The Morgan fingerprint density at radius 3 is 2.57 bits per heavy atom. The molecule has 21 heavy (non-hydrogen) atoms. The highest BCUT2D eigenvalue weighted by atomic mass is 19.1. The van der Waals surface area contributed by atoms with E-state index in [-0.39, 0.29) is 0 Å². The number of carbonyl (C=O) groups excluding carboxylic acids is 1. The van der Waals surface area contributed by atoms with E-state index >= 15 is 0 Å². The second kappa shape index (κ2) is 4.96. The molecular weight excluding hydrogens is 277 g/mol. The van der Waals surface area contributed by atoms with Crippen molar-refractivity contribution in [3.63, 3.8) is 0 Å². The number of halogens is 1. The zero-order chi connectivity index (χ0) is 15.1. The molecule has 1 aromatic carbocycles. The van der Waals surface area contributed by atoms with Gasteiger partial charge in [0.1, 0.15) is 11.7 Å². The molecule has 1 fully saturated rings. The van der Waals surface area contributed by atoms with Crippen LogP contribution in [0.15, 0.2) is 30.4 Å². The summed E-state index contributed by atoms with van der Waals surface area (Å²) in [6.45, 7) is 1.74. The molecule has 1 aromatic rings. The lowest BCUT2D eigenvalue weighted by Crippen LogP contribution is -2.39. The van der Waals surface area contributed by atoms with Gasteiger partial charge < -0.3 is 15.2 Å². The average molecular weight is 291 g/mol. The zero-order valence-electron chi connectivity index (χ0n) is 11.2. The molecule has 0 aromatic heterocycles. The summed E-state index contributed by atoms with van der Waals surface area (Å²) in [6, 6.07) is 4.07. The van der Waals surface area contributed by atoms with E-state index in [1.807, 2.05) is 0 Å². The van der Waals surface area contributed by atoms with Crippen molar-refractivity contribution in [2.24, 2.45) is 11.8 Å². The average Bonchev–Trinajstić information content (AvgIpc) is 3.03. The van der Waals surface area contributed by atoms with Gasteiger partial charge in [-0.3, -0.25) is 9.59 Å². The molecule has 2 heterocycles. The lowest BCUT2D eigenvalue weighted by atomic mass is 9.82. The highest BCUT2D eigenvalue weighted by molar-refractivity contribution is 5.97. The Hall–Kier alpha value is -2.21. The van der Waals surface area contributed by atoms with Gasteiger partial charge in [0.2, 0.25) is 5.91 Å². The lowest BCUT2D eigenvalue weighted by molar-refractivity contribution is -0.145. The highest BCUT2D eigenvalue weighted by Crippen LogP contribution is 2.40. The first-order chi connectivity index (χ1) is 9.97. The van der Waals surface area contributed by atoms with Crippen molar-refractivity contribution in [2.75, 3.05) is 5.32 Å². The fourth-order valence-corrected chi connectivity index (χ4v) is 2.86. The van der Waals surface area contributed by atoms with Crippen molar-refractivity contribution in [1.82, 2.24) is 0 Å². The fourth-order valence-electron chi connectivity index (χ4n) is 2.86. The molecule has 2 aliphatic rings. The molecule has 110 valence electrons. The summed E-state index contributed by atoms with van der Waals surface area (Å²) in [5.74, 6) is -3.71. The summed E-state index contributed by atoms with van der Waals surface area (Å²) in [7, 11) is 0. The molecule has 0 unspecified atom stereocenters. The molecule has 2 bridgehead atoms. The molecule has 0 radical (unpaired) electrons. The maximum atomic E-state index is 13.2. The summed E-state index contributed by atoms with van der Waals surface area (Å²) in [6.07, 6.45) is 2.26. The van der Waals surface area contributed by atoms with Crippen molar-refractivity contribution in [3.8, 4) is 0 Å². The monoisotopic (exact) mass is 291 g/mol. The van der Waals surface area contributed by atoms with E-state index in [2.05, 4.69) is 5.32 Å². The molecule has 3 rings (SSSR count). The summed E-state index contributed by atoms with van der Waals surface area (Å²) in [5, 5.41) is 11.9. The molecule has 1 saturated heterocycles.